The average molecular weight is 466 g/mol. The van der Waals surface area contributed by atoms with E-state index in [4.69, 9.17) is 14.2 Å². The Kier molecular flexibility index (Phi) is 7.06. The molecule has 0 spiro atoms. The molecule has 0 amide bonds. The summed E-state index contributed by atoms with van der Waals surface area (Å²) in [6.45, 7) is 9.22. The van der Waals surface area contributed by atoms with Crippen LogP contribution in [0.1, 0.15) is 66.2 Å². The van der Waals surface area contributed by atoms with Crippen LogP contribution < -0.4 is 0 Å². The number of likely N-dealkylation sites (tertiary alicyclic amines) is 1. The Bertz CT molecular complexity index is 764. The molecule has 2 saturated heterocycles. The zero-order chi connectivity index (χ0) is 23.9. The Labute approximate surface area is 196 Å². The molecular weight excluding hydrogens is 426 g/mol. The first-order chi connectivity index (χ1) is 15.6. The SMILES string of the molecule is CC(=O)O[C@H]1C[C@H](O)[C@]2(C)C1[C@H](C)C[C@@H]1OC(=O)C(CN3CCCCCC3)[C@H]1[C@@H]2OC(C)=O. The fourth-order valence-electron chi connectivity index (χ4n) is 7.38. The van der Waals surface area contributed by atoms with Gasteiger partial charge in [0.1, 0.15) is 18.3 Å². The molecule has 33 heavy (non-hydrogen) atoms. The molecule has 9 atom stereocenters. The number of hydrogen-bond acceptors (Lipinski definition) is 8. The minimum absolute atomic E-state index is 0.00861. The fraction of sp³-hybridized carbons (Fsp3) is 0.880. The molecule has 4 aliphatic rings. The third-order valence-corrected chi connectivity index (χ3v) is 8.70. The largest absolute Gasteiger partial charge is 0.462 e. The van der Waals surface area contributed by atoms with Crippen molar-refractivity contribution in [1.29, 1.82) is 0 Å². The molecule has 2 aliphatic carbocycles. The average Bonchev–Trinajstić information content (AvgIpc) is 2.97. The zero-order valence-electron chi connectivity index (χ0n) is 20.3. The van der Waals surface area contributed by atoms with Gasteiger partial charge in [0.25, 0.3) is 0 Å². The lowest BCUT2D eigenvalue weighted by Gasteiger charge is -2.44. The second-order valence-corrected chi connectivity index (χ2v) is 10.9. The van der Waals surface area contributed by atoms with E-state index in [1.807, 2.05) is 6.92 Å². The minimum atomic E-state index is -0.852. The van der Waals surface area contributed by atoms with E-state index in [1.165, 1.54) is 26.7 Å². The van der Waals surface area contributed by atoms with Crippen molar-refractivity contribution in [2.45, 2.75) is 90.6 Å². The molecule has 0 aromatic carbocycles. The minimum Gasteiger partial charge on any atom is -0.462 e. The van der Waals surface area contributed by atoms with Crippen LogP contribution in [0.25, 0.3) is 0 Å². The summed E-state index contributed by atoms with van der Waals surface area (Å²) in [5, 5.41) is 11.3. The molecular formula is C25H39NO7. The molecule has 1 N–H and O–H groups in total. The second-order valence-electron chi connectivity index (χ2n) is 10.9. The number of carbonyl (C=O) groups excluding carboxylic acids is 3. The number of esters is 3. The number of aliphatic hydroxyl groups excluding tert-OH is 1. The third-order valence-electron chi connectivity index (χ3n) is 8.70. The van der Waals surface area contributed by atoms with Crippen molar-refractivity contribution in [3.05, 3.63) is 0 Å². The zero-order valence-corrected chi connectivity index (χ0v) is 20.3. The second kappa shape index (κ2) is 9.53. The highest BCUT2D eigenvalue weighted by Crippen LogP contribution is 2.59. The number of nitrogens with zero attached hydrogens (tertiary/aromatic N) is 1. The van der Waals surface area contributed by atoms with Gasteiger partial charge in [-0.15, -0.1) is 0 Å². The summed E-state index contributed by atoms with van der Waals surface area (Å²) in [5.41, 5.74) is -0.852. The molecule has 0 aromatic heterocycles. The first kappa shape index (κ1) is 24.5. The summed E-state index contributed by atoms with van der Waals surface area (Å²) in [6, 6.07) is 0. The number of rotatable bonds is 4. The van der Waals surface area contributed by atoms with Crippen LogP contribution in [0.4, 0.5) is 0 Å². The van der Waals surface area contributed by atoms with E-state index >= 15 is 0 Å². The first-order valence-corrected chi connectivity index (χ1v) is 12.6. The van der Waals surface area contributed by atoms with Gasteiger partial charge in [-0.05, 0) is 38.3 Å². The van der Waals surface area contributed by atoms with Gasteiger partial charge in [-0.25, -0.2) is 0 Å². The normalized spacial score (nSPS) is 43.6. The summed E-state index contributed by atoms with van der Waals surface area (Å²) in [5.74, 6) is -2.01. The van der Waals surface area contributed by atoms with Gasteiger partial charge in [-0.2, -0.15) is 0 Å². The Balaban J connectivity index is 1.71. The van der Waals surface area contributed by atoms with Gasteiger partial charge in [0.2, 0.25) is 0 Å². The van der Waals surface area contributed by atoms with E-state index in [2.05, 4.69) is 11.8 Å². The van der Waals surface area contributed by atoms with Crippen molar-refractivity contribution in [3.8, 4) is 0 Å². The van der Waals surface area contributed by atoms with Gasteiger partial charge in [0.05, 0.1) is 12.0 Å². The van der Waals surface area contributed by atoms with Crippen molar-refractivity contribution in [2.24, 2.45) is 29.1 Å². The summed E-state index contributed by atoms with van der Waals surface area (Å²) < 4.78 is 17.6. The molecule has 0 bridgehead atoms. The highest BCUT2D eigenvalue weighted by Gasteiger charge is 2.67. The van der Waals surface area contributed by atoms with Crippen molar-refractivity contribution >= 4 is 17.9 Å². The maximum Gasteiger partial charge on any atom is 0.311 e. The molecule has 4 fully saturated rings. The van der Waals surface area contributed by atoms with Gasteiger partial charge in [0.15, 0.2) is 0 Å². The number of fused-ring (bicyclic) bond motifs is 2. The predicted molar refractivity (Wildman–Crippen MR) is 119 cm³/mol. The van der Waals surface area contributed by atoms with Crippen molar-refractivity contribution in [1.82, 2.24) is 4.90 Å². The van der Waals surface area contributed by atoms with Crippen LogP contribution in [0.15, 0.2) is 0 Å². The lowest BCUT2D eigenvalue weighted by Crippen LogP contribution is -2.53. The highest BCUT2D eigenvalue weighted by atomic mass is 16.6. The maximum atomic E-state index is 13.1. The van der Waals surface area contributed by atoms with Crippen molar-refractivity contribution in [2.75, 3.05) is 19.6 Å². The molecule has 2 saturated carbocycles. The summed E-state index contributed by atoms with van der Waals surface area (Å²) >= 11 is 0. The molecule has 0 aromatic rings. The third kappa shape index (κ3) is 4.53. The Hall–Kier alpha value is -1.67. The van der Waals surface area contributed by atoms with Crippen LogP contribution in [0, 0.1) is 29.1 Å². The number of ether oxygens (including phenoxy) is 3. The first-order valence-electron chi connectivity index (χ1n) is 12.6. The van der Waals surface area contributed by atoms with E-state index in [9.17, 15) is 19.5 Å². The van der Waals surface area contributed by atoms with E-state index in [0.29, 0.717) is 19.4 Å². The summed E-state index contributed by atoms with van der Waals surface area (Å²) in [7, 11) is 0. The molecule has 8 nitrogen and oxygen atoms in total. The highest BCUT2D eigenvalue weighted by molar-refractivity contribution is 5.76. The van der Waals surface area contributed by atoms with Gasteiger partial charge < -0.3 is 24.2 Å². The maximum absolute atomic E-state index is 13.1. The van der Waals surface area contributed by atoms with Crippen LogP contribution in [-0.2, 0) is 28.6 Å². The van der Waals surface area contributed by atoms with E-state index in [-0.39, 0.29) is 35.8 Å². The fourth-order valence-corrected chi connectivity index (χ4v) is 7.38. The smallest absolute Gasteiger partial charge is 0.311 e. The van der Waals surface area contributed by atoms with Crippen LogP contribution in [0.3, 0.4) is 0 Å². The van der Waals surface area contributed by atoms with E-state index in [1.54, 1.807) is 0 Å². The number of hydrogen-bond donors (Lipinski definition) is 1. The van der Waals surface area contributed by atoms with E-state index < -0.39 is 35.6 Å². The topological polar surface area (TPSA) is 102 Å². The number of carbonyl (C=O) groups is 3. The Morgan fingerprint density at radius 1 is 1.09 bits per heavy atom. The molecule has 8 heteroatoms. The monoisotopic (exact) mass is 465 g/mol. The molecule has 4 rings (SSSR count). The summed E-state index contributed by atoms with van der Waals surface area (Å²) in [6.07, 6.45) is 3.15. The summed E-state index contributed by atoms with van der Waals surface area (Å²) in [4.78, 5) is 39.6. The molecule has 2 aliphatic heterocycles. The van der Waals surface area contributed by atoms with Gasteiger partial charge in [-0.3, -0.25) is 14.4 Å². The molecule has 186 valence electrons. The van der Waals surface area contributed by atoms with Crippen LogP contribution in [-0.4, -0.2) is 72.0 Å². The van der Waals surface area contributed by atoms with Crippen molar-refractivity contribution in [3.63, 3.8) is 0 Å². The van der Waals surface area contributed by atoms with Gasteiger partial charge >= 0.3 is 17.9 Å². The molecule has 2 heterocycles. The Morgan fingerprint density at radius 3 is 2.33 bits per heavy atom. The quantitative estimate of drug-likeness (QED) is 0.499. The van der Waals surface area contributed by atoms with E-state index in [0.717, 1.165) is 25.9 Å². The van der Waals surface area contributed by atoms with Crippen LogP contribution >= 0.6 is 0 Å². The van der Waals surface area contributed by atoms with Crippen LogP contribution in [0.5, 0.6) is 0 Å². The Morgan fingerprint density at radius 2 is 1.73 bits per heavy atom. The predicted octanol–water partition coefficient (Wildman–Crippen LogP) is 2.31. The standard InChI is InChI=1S/C25H39NO7/c1-14-11-18-21(17(24(30)33-18)13-26-9-7-5-6-8-10-26)23(32-16(3)28)25(4)20(29)12-19(22(14)25)31-15(2)27/h14,17-23,29H,5-13H2,1-4H3/t14-,17?,18+,19+,20+,21-,22?,23+,25-/m1/s1. The number of aliphatic hydroxyl groups is 1. The molecule has 2 unspecified atom stereocenters. The lowest BCUT2D eigenvalue weighted by atomic mass is 9.66. The van der Waals surface area contributed by atoms with Crippen molar-refractivity contribution < 1.29 is 33.7 Å². The van der Waals surface area contributed by atoms with Gasteiger partial charge in [0, 0.05) is 44.1 Å². The van der Waals surface area contributed by atoms with Gasteiger partial charge in [-0.1, -0.05) is 26.7 Å². The molecule has 0 radical (unpaired) electrons. The van der Waals surface area contributed by atoms with Crippen LogP contribution in [0.2, 0.25) is 0 Å². The lowest BCUT2D eigenvalue weighted by molar-refractivity contribution is -0.174.